The summed E-state index contributed by atoms with van der Waals surface area (Å²) < 4.78 is 5.92. The Bertz CT molecular complexity index is 677. The van der Waals surface area contributed by atoms with Crippen molar-refractivity contribution in [3.8, 4) is 16.9 Å². The van der Waals surface area contributed by atoms with E-state index in [0.717, 1.165) is 31.6 Å². The Morgan fingerprint density at radius 2 is 1.79 bits per heavy atom. The standard InChI is InChI=1S/C17H18O.C4H8O2/c1-2-3-11-18-17-10-6-9-15-14-8-5-4-7-13(14)12-16(15)17;1-2-3-4(5)6/h4-10H,2-3,11-12H2,1H3;2-3H2,1H3,(H,5,6). The molecule has 0 amide bonds. The molecule has 0 radical (unpaired) electrons. The summed E-state index contributed by atoms with van der Waals surface area (Å²) in [7, 11) is 0. The molecule has 3 rings (SSSR count). The molecule has 128 valence electrons. The van der Waals surface area contributed by atoms with Crippen LogP contribution in [0.2, 0.25) is 0 Å². The van der Waals surface area contributed by atoms with E-state index < -0.39 is 5.97 Å². The quantitative estimate of drug-likeness (QED) is 0.625. The number of unbranched alkanes of at least 4 members (excludes halogenated alkanes) is 1. The average molecular weight is 326 g/mol. The van der Waals surface area contributed by atoms with E-state index in [1.165, 1.54) is 28.7 Å². The summed E-state index contributed by atoms with van der Waals surface area (Å²) in [5, 5.41) is 7.91. The number of rotatable bonds is 6. The second-order valence-corrected chi connectivity index (χ2v) is 5.96. The van der Waals surface area contributed by atoms with Crippen molar-refractivity contribution in [2.75, 3.05) is 6.61 Å². The van der Waals surface area contributed by atoms with Crippen molar-refractivity contribution in [3.63, 3.8) is 0 Å². The summed E-state index contributed by atoms with van der Waals surface area (Å²) in [6.07, 6.45) is 4.33. The number of carbonyl (C=O) groups is 1. The highest BCUT2D eigenvalue weighted by Gasteiger charge is 2.20. The molecule has 2 aromatic rings. The summed E-state index contributed by atoms with van der Waals surface area (Å²) in [6.45, 7) is 4.85. The van der Waals surface area contributed by atoms with Gasteiger partial charge in [-0.15, -0.1) is 0 Å². The summed E-state index contributed by atoms with van der Waals surface area (Å²) in [6, 6.07) is 15.0. The average Bonchev–Trinajstić information content (AvgIpc) is 2.95. The van der Waals surface area contributed by atoms with Crippen molar-refractivity contribution in [2.24, 2.45) is 0 Å². The van der Waals surface area contributed by atoms with Crippen LogP contribution in [0.4, 0.5) is 0 Å². The van der Waals surface area contributed by atoms with Crippen LogP contribution in [0.25, 0.3) is 11.1 Å². The molecule has 1 aliphatic rings. The van der Waals surface area contributed by atoms with Gasteiger partial charge in [-0.1, -0.05) is 56.7 Å². The molecule has 3 nitrogen and oxygen atoms in total. The molecule has 0 aromatic heterocycles. The number of carboxylic acid groups (broad SMARTS) is 1. The van der Waals surface area contributed by atoms with Gasteiger partial charge in [-0.25, -0.2) is 0 Å². The van der Waals surface area contributed by atoms with Gasteiger partial charge in [0.2, 0.25) is 0 Å². The zero-order valence-electron chi connectivity index (χ0n) is 14.5. The Morgan fingerprint density at radius 3 is 2.46 bits per heavy atom. The van der Waals surface area contributed by atoms with Crippen LogP contribution in [0, 0.1) is 0 Å². The zero-order chi connectivity index (χ0) is 17.4. The lowest BCUT2D eigenvalue weighted by atomic mass is 10.1. The highest BCUT2D eigenvalue weighted by molar-refractivity contribution is 5.78. The van der Waals surface area contributed by atoms with E-state index >= 15 is 0 Å². The van der Waals surface area contributed by atoms with Crippen LogP contribution in [0.3, 0.4) is 0 Å². The lowest BCUT2D eigenvalue weighted by molar-refractivity contribution is -0.137. The lowest BCUT2D eigenvalue weighted by Gasteiger charge is -2.10. The predicted octanol–water partition coefficient (Wildman–Crippen LogP) is 5.31. The number of carboxylic acids is 1. The van der Waals surface area contributed by atoms with Crippen LogP contribution in [0.5, 0.6) is 5.75 Å². The van der Waals surface area contributed by atoms with E-state index in [1.807, 2.05) is 6.92 Å². The van der Waals surface area contributed by atoms with Crippen LogP contribution in [-0.4, -0.2) is 17.7 Å². The van der Waals surface area contributed by atoms with Gasteiger partial charge in [-0.2, -0.15) is 0 Å². The van der Waals surface area contributed by atoms with Crippen molar-refractivity contribution in [1.82, 2.24) is 0 Å². The Morgan fingerprint density at radius 1 is 1.04 bits per heavy atom. The van der Waals surface area contributed by atoms with Crippen molar-refractivity contribution >= 4 is 5.97 Å². The number of ether oxygens (including phenoxy) is 1. The maximum Gasteiger partial charge on any atom is 0.303 e. The normalized spacial score (nSPS) is 11.1. The van der Waals surface area contributed by atoms with Crippen molar-refractivity contribution in [3.05, 3.63) is 53.6 Å². The van der Waals surface area contributed by atoms with E-state index in [1.54, 1.807) is 0 Å². The monoisotopic (exact) mass is 326 g/mol. The number of aliphatic carboxylic acids is 1. The highest BCUT2D eigenvalue weighted by Crippen LogP contribution is 2.40. The minimum Gasteiger partial charge on any atom is -0.493 e. The maximum atomic E-state index is 9.60. The fourth-order valence-corrected chi connectivity index (χ4v) is 2.80. The Balaban J connectivity index is 0.000000301. The van der Waals surface area contributed by atoms with Crippen LogP contribution < -0.4 is 4.74 Å². The van der Waals surface area contributed by atoms with Crippen molar-refractivity contribution in [2.45, 2.75) is 46.0 Å². The van der Waals surface area contributed by atoms with Gasteiger partial charge in [0.1, 0.15) is 5.75 Å². The molecule has 1 aliphatic carbocycles. The van der Waals surface area contributed by atoms with Crippen LogP contribution in [-0.2, 0) is 11.2 Å². The number of hydrogen-bond acceptors (Lipinski definition) is 2. The second-order valence-electron chi connectivity index (χ2n) is 5.96. The van der Waals surface area contributed by atoms with Crippen LogP contribution in [0.15, 0.2) is 42.5 Å². The highest BCUT2D eigenvalue weighted by atomic mass is 16.5. The maximum absolute atomic E-state index is 9.60. The van der Waals surface area contributed by atoms with Gasteiger partial charge in [0.25, 0.3) is 0 Å². The third-order valence-corrected chi connectivity index (χ3v) is 4.03. The molecule has 0 aliphatic heterocycles. The molecule has 3 heteroatoms. The van der Waals surface area contributed by atoms with E-state index in [0.29, 0.717) is 6.42 Å². The molecule has 0 atom stereocenters. The van der Waals surface area contributed by atoms with Gasteiger partial charge < -0.3 is 9.84 Å². The van der Waals surface area contributed by atoms with Crippen molar-refractivity contribution in [1.29, 1.82) is 0 Å². The first kappa shape index (κ1) is 18.1. The molecule has 0 unspecified atom stereocenters. The Labute approximate surface area is 144 Å². The zero-order valence-corrected chi connectivity index (χ0v) is 14.5. The molecule has 0 saturated heterocycles. The summed E-state index contributed by atoms with van der Waals surface area (Å²) in [5.41, 5.74) is 5.49. The van der Waals surface area contributed by atoms with E-state index in [2.05, 4.69) is 49.4 Å². The molecule has 0 bridgehead atoms. The molecule has 2 aromatic carbocycles. The SMILES string of the molecule is CCCC(=O)O.CCCCOc1cccc2c1Cc1ccccc1-2. The van der Waals surface area contributed by atoms with Gasteiger partial charge in [-0.05, 0) is 35.6 Å². The van der Waals surface area contributed by atoms with E-state index in [-0.39, 0.29) is 0 Å². The van der Waals surface area contributed by atoms with E-state index in [9.17, 15) is 4.79 Å². The third-order valence-electron chi connectivity index (χ3n) is 4.03. The second kappa shape index (κ2) is 9.11. The van der Waals surface area contributed by atoms with Gasteiger partial charge in [-0.3, -0.25) is 4.79 Å². The molecule has 0 heterocycles. The number of hydrogen-bond donors (Lipinski definition) is 1. The lowest BCUT2D eigenvalue weighted by Crippen LogP contribution is -1.99. The summed E-state index contributed by atoms with van der Waals surface area (Å²) in [5.74, 6) is 0.356. The van der Waals surface area contributed by atoms with E-state index in [4.69, 9.17) is 9.84 Å². The minimum atomic E-state index is -0.711. The fraction of sp³-hybridized carbons (Fsp3) is 0.381. The number of fused-ring (bicyclic) bond motifs is 3. The minimum absolute atomic E-state index is 0.292. The summed E-state index contributed by atoms with van der Waals surface area (Å²) >= 11 is 0. The molecule has 1 N–H and O–H groups in total. The topological polar surface area (TPSA) is 46.5 Å². The Hall–Kier alpha value is -2.29. The first-order valence-electron chi connectivity index (χ1n) is 8.72. The van der Waals surface area contributed by atoms with Gasteiger partial charge >= 0.3 is 5.97 Å². The largest absolute Gasteiger partial charge is 0.493 e. The molecule has 0 spiro atoms. The molecule has 0 saturated carbocycles. The predicted molar refractivity (Wildman–Crippen MR) is 97.6 cm³/mol. The van der Waals surface area contributed by atoms with Crippen LogP contribution in [0.1, 0.15) is 50.7 Å². The third kappa shape index (κ3) is 4.60. The van der Waals surface area contributed by atoms with Gasteiger partial charge in [0, 0.05) is 18.4 Å². The van der Waals surface area contributed by atoms with Crippen LogP contribution >= 0.6 is 0 Å². The van der Waals surface area contributed by atoms with Gasteiger partial charge in [0.05, 0.1) is 6.61 Å². The molecular formula is C21H26O3. The first-order chi connectivity index (χ1) is 11.7. The van der Waals surface area contributed by atoms with Gasteiger partial charge in [0.15, 0.2) is 0 Å². The molecule has 24 heavy (non-hydrogen) atoms. The smallest absolute Gasteiger partial charge is 0.303 e. The summed E-state index contributed by atoms with van der Waals surface area (Å²) in [4.78, 5) is 9.60. The Kier molecular flexibility index (Phi) is 6.86. The first-order valence-corrected chi connectivity index (χ1v) is 8.72. The number of benzene rings is 2. The molecule has 0 fully saturated rings. The molecular weight excluding hydrogens is 300 g/mol. The fourth-order valence-electron chi connectivity index (χ4n) is 2.80. The van der Waals surface area contributed by atoms with Crippen molar-refractivity contribution < 1.29 is 14.6 Å².